The molecule has 1 saturated heterocycles. The Kier molecular flexibility index (Phi) is 4.21. The third kappa shape index (κ3) is 3.20. The molecule has 0 aromatic carbocycles. The largest absolute Gasteiger partial charge is 0.381 e. The lowest BCUT2D eigenvalue weighted by Gasteiger charge is -2.21. The Morgan fingerprint density at radius 1 is 1.50 bits per heavy atom. The van der Waals surface area contributed by atoms with E-state index in [1.54, 1.807) is 0 Å². The van der Waals surface area contributed by atoms with E-state index in [4.69, 9.17) is 10.5 Å². The monoisotopic (exact) mass is 238 g/mol. The van der Waals surface area contributed by atoms with Gasteiger partial charge in [0.1, 0.15) is 0 Å². The Morgan fingerprint density at radius 2 is 2.25 bits per heavy atom. The van der Waals surface area contributed by atoms with Crippen molar-refractivity contribution in [1.82, 2.24) is 4.98 Å². The average molecular weight is 238 g/mol. The van der Waals surface area contributed by atoms with Crippen LogP contribution >= 0.6 is 11.8 Å². The Labute approximate surface area is 101 Å². The Balaban J connectivity index is 2.00. The fourth-order valence-electron chi connectivity index (χ4n) is 1.74. The van der Waals surface area contributed by atoms with Crippen LogP contribution in [0.1, 0.15) is 31.4 Å². The van der Waals surface area contributed by atoms with Gasteiger partial charge in [-0.05, 0) is 37.5 Å². The van der Waals surface area contributed by atoms with Gasteiger partial charge in [0.25, 0.3) is 0 Å². The van der Waals surface area contributed by atoms with Crippen LogP contribution in [0.5, 0.6) is 0 Å². The zero-order valence-corrected chi connectivity index (χ0v) is 10.4. The quantitative estimate of drug-likeness (QED) is 0.878. The number of nitrogens with zero attached hydrogens (tertiary/aromatic N) is 1. The van der Waals surface area contributed by atoms with E-state index >= 15 is 0 Å². The predicted molar refractivity (Wildman–Crippen MR) is 66.5 cm³/mol. The van der Waals surface area contributed by atoms with Crippen molar-refractivity contribution in [1.29, 1.82) is 0 Å². The second-order valence-corrected chi connectivity index (χ2v) is 5.47. The number of pyridine rings is 1. The van der Waals surface area contributed by atoms with Crippen LogP contribution in [0.3, 0.4) is 0 Å². The van der Waals surface area contributed by atoms with Gasteiger partial charge < -0.3 is 10.5 Å². The fraction of sp³-hybridized carbons (Fsp3) is 0.583. The predicted octanol–water partition coefficient (Wildman–Crippen LogP) is 2.37. The van der Waals surface area contributed by atoms with Gasteiger partial charge in [-0.15, -0.1) is 11.8 Å². The number of thioether (sulfide) groups is 1. The van der Waals surface area contributed by atoms with Crippen LogP contribution in [-0.4, -0.2) is 23.4 Å². The van der Waals surface area contributed by atoms with E-state index < -0.39 is 0 Å². The Hall–Kier alpha value is -0.580. The summed E-state index contributed by atoms with van der Waals surface area (Å²) in [6.07, 6.45) is 4.09. The molecule has 1 aliphatic heterocycles. The van der Waals surface area contributed by atoms with Crippen LogP contribution in [0, 0.1) is 0 Å². The van der Waals surface area contributed by atoms with Crippen molar-refractivity contribution in [2.45, 2.75) is 36.1 Å². The molecule has 2 N–H and O–H groups in total. The Morgan fingerprint density at radius 3 is 2.94 bits per heavy atom. The van der Waals surface area contributed by atoms with E-state index in [0.717, 1.165) is 36.6 Å². The summed E-state index contributed by atoms with van der Waals surface area (Å²) >= 11 is 1.85. The van der Waals surface area contributed by atoms with Crippen molar-refractivity contribution in [3.8, 4) is 0 Å². The molecule has 2 heterocycles. The van der Waals surface area contributed by atoms with Gasteiger partial charge in [-0.1, -0.05) is 0 Å². The summed E-state index contributed by atoms with van der Waals surface area (Å²) in [5.41, 5.74) is 7.02. The van der Waals surface area contributed by atoms with Gasteiger partial charge in [0.05, 0.1) is 5.03 Å². The van der Waals surface area contributed by atoms with Crippen molar-refractivity contribution < 1.29 is 4.74 Å². The number of rotatable bonds is 3. The zero-order valence-electron chi connectivity index (χ0n) is 9.56. The molecule has 16 heavy (non-hydrogen) atoms. The summed E-state index contributed by atoms with van der Waals surface area (Å²) < 4.78 is 5.35. The van der Waals surface area contributed by atoms with Crippen LogP contribution in [0.2, 0.25) is 0 Å². The standard InChI is InChI=1S/C12H18N2OS/c1-9(13)10-2-5-14-12(8-10)16-11-3-6-15-7-4-11/h2,5,8-9,11H,3-4,6-7,13H2,1H3/t9-/m0/s1. The summed E-state index contributed by atoms with van der Waals surface area (Å²) in [7, 11) is 0. The second kappa shape index (κ2) is 5.66. The first kappa shape index (κ1) is 11.9. The third-order valence-electron chi connectivity index (χ3n) is 2.74. The Bertz CT molecular complexity index is 338. The number of nitrogens with two attached hydrogens (primary N) is 1. The fourth-order valence-corrected chi connectivity index (χ4v) is 2.83. The van der Waals surface area contributed by atoms with Crippen LogP contribution in [0.15, 0.2) is 23.4 Å². The molecule has 0 amide bonds. The van der Waals surface area contributed by atoms with E-state index in [-0.39, 0.29) is 6.04 Å². The molecule has 0 radical (unpaired) electrons. The molecule has 0 bridgehead atoms. The molecule has 0 unspecified atom stereocenters. The van der Waals surface area contributed by atoms with Crippen molar-refractivity contribution in [2.24, 2.45) is 5.73 Å². The van der Waals surface area contributed by atoms with Gasteiger partial charge in [-0.3, -0.25) is 0 Å². The molecular weight excluding hydrogens is 220 g/mol. The first-order chi connectivity index (χ1) is 7.75. The van der Waals surface area contributed by atoms with Crippen LogP contribution in [0.4, 0.5) is 0 Å². The van der Waals surface area contributed by atoms with Gasteiger partial charge in [-0.2, -0.15) is 0 Å². The topological polar surface area (TPSA) is 48.1 Å². The summed E-state index contributed by atoms with van der Waals surface area (Å²) in [6.45, 7) is 3.76. The summed E-state index contributed by atoms with van der Waals surface area (Å²) in [4.78, 5) is 4.38. The van der Waals surface area contributed by atoms with Gasteiger partial charge in [0, 0.05) is 30.7 Å². The highest BCUT2D eigenvalue weighted by Crippen LogP contribution is 2.29. The maximum Gasteiger partial charge on any atom is 0.0965 e. The minimum atomic E-state index is 0.0806. The van der Waals surface area contributed by atoms with Crippen LogP contribution < -0.4 is 5.73 Å². The van der Waals surface area contributed by atoms with Crippen molar-refractivity contribution in [3.63, 3.8) is 0 Å². The normalized spacial score (nSPS) is 19.6. The molecule has 1 aromatic rings. The van der Waals surface area contributed by atoms with Gasteiger partial charge in [-0.25, -0.2) is 4.98 Å². The van der Waals surface area contributed by atoms with Crippen molar-refractivity contribution in [3.05, 3.63) is 23.9 Å². The lowest BCUT2D eigenvalue weighted by Crippen LogP contribution is -2.17. The average Bonchev–Trinajstić information content (AvgIpc) is 2.30. The van der Waals surface area contributed by atoms with E-state index in [2.05, 4.69) is 11.1 Å². The molecule has 0 aliphatic carbocycles. The highest BCUT2D eigenvalue weighted by Gasteiger charge is 2.15. The molecule has 0 spiro atoms. The number of hydrogen-bond acceptors (Lipinski definition) is 4. The lowest BCUT2D eigenvalue weighted by molar-refractivity contribution is 0.1000. The minimum Gasteiger partial charge on any atom is -0.381 e. The summed E-state index contributed by atoms with van der Waals surface area (Å²) in [6, 6.07) is 4.17. The zero-order chi connectivity index (χ0) is 11.4. The SMILES string of the molecule is C[C@H](N)c1ccnc(SC2CCOCC2)c1. The lowest BCUT2D eigenvalue weighted by atomic mass is 10.1. The van der Waals surface area contributed by atoms with Gasteiger partial charge >= 0.3 is 0 Å². The van der Waals surface area contributed by atoms with Gasteiger partial charge in [0.2, 0.25) is 0 Å². The number of aromatic nitrogens is 1. The van der Waals surface area contributed by atoms with E-state index in [1.165, 1.54) is 0 Å². The minimum absolute atomic E-state index is 0.0806. The summed E-state index contributed by atoms with van der Waals surface area (Å²) in [5.74, 6) is 0. The smallest absolute Gasteiger partial charge is 0.0965 e. The molecular formula is C12H18N2OS. The van der Waals surface area contributed by atoms with E-state index in [1.807, 2.05) is 30.9 Å². The molecule has 1 atom stereocenters. The summed E-state index contributed by atoms with van der Waals surface area (Å²) in [5, 5.41) is 1.73. The molecule has 3 nitrogen and oxygen atoms in total. The van der Waals surface area contributed by atoms with Crippen LogP contribution in [-0.2, 0) is 4.74 Å². The first-order valence-electron chi connectivity index (χ1n) is 5.71. The molecule has 1 fully saturated rings. The second-order valence-electron chi connectivity index (χ2n) is 4.15. The van der Waals surface area contributed by atoms with Gasteiger partial charge in [0.15, 0.2) is 0 Å². The van der Waals surface area contributed by atoms with Crippen LogP contribution in [0.25, 0.3) is 0 Å². The van der Waals surface area contributed by atoms with Crippen molar-refractivity contribution >= 4 is 11.8 Å². The third-order valence-corrected chi connectivity index (χ3v) is 4.01. The highest BCUT2D eigenvalue weighted by molar-refractivity contribution is 7.99. The molecule has 1 aliphatic rings. The number of ether oxygens (including phenoxy) is 1. The van der Waals surface area contributed by atoms with E-state index in [9.17, 15) is 0 Å². The number of hydrogen-bond donors (Lipinski definition) is 1. The van der Waals surface area contributed by atoms with Crippen molar-refractivity contribution in [2.75, 3.05) is 13.2 Å². The first-order valence-corrected chi connectivity index (χ1v) is 6.59. The van der Waals surface area contributed by atoms with E-state index in [0.29, 0.717) is 5.25 Å². The highest BCUT2D eigenvalue weighted by atomic mass is 32.2. The molecule has 1 aromatic heterocycles. The molecule has 0 saturated carbocycles. The maximum absolute atomic E-state index is 5.86. The maximum atomic E-state index is 5.86. The molecule has 4 heteroatoms. The molecule has 2 rings (SSSR count). The molecule has 88 valence electrons.